The number of rotatable bonds is 5. The number of nitrogens with one attached hydrogen (secondary N) is 2. The predicted octanol–water partition coefficient (Wildman–Crippen LogP) is 3.73. The average molecular weight is 445 g/mol. The molecule has 30 heavy (non-hydrogen) atoms. The van der Waals surface area contributed by atoms with E-state index in [-0.39, 0.29) is 0 Å². The Morgan fingerprint density at radius 3 is 2.20 bits per heavy atom. The zero-order chi connectivity index (χ0) is 20.7. The lowest BCUT2D eigenvalue weighted by atomic mass is 10.4. The highest BCUT2D eigenvalue weighted by Crippen LogP contribution is 2.27. The number of fused-ring (bicyclic) bond motifs is 2. The van der Waals surface area contributed by atoms with Gasteiger partial charge >= 0.3 is 0 Å². The smallest absolute Gasteiger partial charge is 0.169 e. The van der Waals surface area contributed by atoms with Gasteiger partial charge in [0.15, 0.2) is 17.6 Å². The Hall–Kier alpha value is -2.91. The average Bonchev–Trinajstić information content (AvgIpc) is 3.62. The van der Waals surface area contributed by atoms with Gasteiger partial charge in [0.05, 0.1) is 18.0 Å². The van der Waals surface area contributed by atoms with Gasteiger partial charge in [-0.15, -0.1) is 0 Å². The predicted molar refractivity (Wildman–Crippen MR) is 115 cm³/mol. The van der Waals surface area contributed by atoms with Crippen molar-refractivity contribution in [1.29, 1.82) is 0 Å². The number of hydrogen-bond acceptors (Lipinski definition) is 7. The molecule has 0 aliphatic heterocycles. The van der Waals surface area contributed by atoms with Crippen molar-refractivity contribution in [3.8, 4) is 0 Å². The first-order chi connectivity index (χ1) is 14.6. The molecule has 0 radical (unpaired) electrons. The van der Waals surface area contributed by atoms with Gasteiger partial charge in [0.1, 0.15) is 21.9 Å². The van der Waals surface area contributed by atoms with E-state index in [9.17, 15) is 4.79 Å². The molecule has 2 fully saturated rings. The molecule has 4 heterocycles. The Kier molecular flexibility index (Phi) is 4.92. The molecule has 2 saturated carbocycles. The van der Waals surface area contributed by atoms with E-state index in [2.05, 4.69) is 30.8 Å². The maximum absolute atomic E-state index is 10.8. The molecule has 2 aliphatic rings. The molecule has 11 heteroatoms. The van der Waals surface area contributed by atoms with E-state index >= 15 is 0 Å². The molecular weight excluding hydrogens is 427 g/mol. The first-order valence-corrected chi connectivity index (χ1v) is 10.4. The quantitative estimate of drug-likeness (QED) is 0.357. The van der Waals surface area contributed by atoms with Gasteiger partial charge in [-0.2, -0.15) is 19.2 Å². The summed E-state index contributed by atoms with van der Waals surface area (Å²) in [5.41, 5.74) is 1.72. The van der Waals surface area contributed by atoms with E-state index in [1.165, 1.54) is 19.0 Å². The fourth-order valence-electron chi connectivity index (χ4n) is 2.99. The van der Waals surface area contributed by atoms with Crippen molar-refractivity contribution >= 4 is 52.4 Å². The van der Waals surface area contributed by atoms with E-state index in [1.54, 1.807) is 27.4 Å². The molecule has 6 rings (SSSR count). The van der Waals surface area contributed by atoms with E-state index in [0.717, 1.165) is 36.4 Å². The second kappa shape index (κ2) is 7.73. The van der Waals surface area contributed by atoms with Gasteiger partial charge in [0.2, 0.25) is 0 Å². The molecule has 4 aromatic rings. The maximum atomic E-state index is 10.8. The Bertz CT molecular complexity index is 1230. The number of aromatic nitrogens is 6. The summed E-state index contributed by atoms with van der Waals surface area (Å²) in [5.74, 6) is 1.71. The number of halogens is 2. The molecule has 0 saturated heterocycles. The molecule has 2 aliphatic carbocycles. The first-order valence-electron chi connectivity index (χ1n) is 9.63. The van der Waals surface area contributed by atoms with Crippen molar-refractivity contribution in [3.05, 3.63) is 46.5 Å². The molecule has 2 N–H and O–H groups in total. The SMILES string of the molecule is Clc1cc(NC2CC2)n2nccc2n1.O=Cc1cnn2c(NC3CC3)cc(Cl)nc12. The molecule has 9 nitrogen and oxygen atoms in total. The van der Waals surface area contributed by atoms with Gasteiger partial charge < -0.3 is 10.6 Å². The summed E-state index contributed by atoms with van der Waals surface area (Å²) in [5, 5.41) is 15.8. The molecule has 0 unspecified atom stereocenters. The van der Waals surface area contributed by atoms with Crippen LogP contribution in [0.4, 0.5) is 11.6 Å². The van der Waals surface area contributed by atoms with E-state index in [4.69, 9.17) is 23.2 Å². The molecule has 154 valence electrons. The van der Waals surface area contributed by atoms with Gasteiger partial charge in [0, 0.05) is 30.3 Å². The number of anilines is 2. The Morgan fingerprint density at radius 2 is 1.57 bits per heavy atom. The minimum absolute atomic E-state index is 0.360. The molecule has 0 bridgehead atoms. The van der Waals surface area contributed by atoms with Crippen LogP contribution in [0.2, 0.25) is 10.3 Å². The minimum atomic E-state index is 0.360. The van der Waals surface area contributed by atoms with Crippen molar-refractivity contribution in [2.24, 2.45) is 0 Å². The van der Waals surface area contributed by atoms with Gasteiger partial charge in [-0.25, -0.2) is 9.97 Å². The van der Waals surface area contributed by atoms with E-state index in [1.807, 2.05) is 6.07 Å². The lowest BCUT2D eigenvalue weighted by Gasteiger charge is -2.07. The van der Waals surface area contributed by atoms with E-state index in [0.29, 0.717) is 33.6 Å². The van der Waals surface area contributed by atoms with Crippen LogP contribution in [0.15, 0.2) is 30.6 Å². The third kappa shape index (κ3) is 4.03. The van der Waals surface area contributed by atoms with Crippen LogP contribution in [0.1, 0.15) is 36.0 Å². The fraction of sp³-hybridized carbons (Fsp3) is 0.316. The van der Waals surface area contributed by atoms with Crippen LogP contribution in [-0.4, -0.2) is 47.6 Å². The normalized spacial score (nSPS) is 15.7. The van der Waals surface area contributed by atoms with Crippen molar-refractivity contribution in [3.63, 3.8) is 0 Å². The number of carbonyl (C=O) groups excluding carboxylic acids is 1. The van der Waals surface area contributed by atoms with Gasteiger partial charge in [-0.3, -0.25) is 4.79 Å². The summed E-state index contributed by atoms with van der Waals surface area (Å²) in [7, 11) is 0. The zero-order valence-electron chi connectivity index (χ0n) is 15.8. The van der Waals surface area contributed by atoms with Crippen LogP contribution in [0, 0.1) is 0 Å². The summed E-state index contributed by atoms with van der Waals surface area (Å²) in [6, 6.07) is 6.43. The van der Waals surface area contributed by atoms with Crippen molar-refractivity contribution in [1.82, 2.24) is 29.2 Å². The highest BCUT2D eigenvalue weighted by Gasteiger charge is 2.23. The van der Waals surface area contributed by atoms with Crippen LogP contribution >= 0.6 is 23.2 Å². The summed E-state index contributed by atoms with van der Waals surface area (Å²) >= 11 is 11.8. The number of nitrogens with zero attached hydrogens (tertiary/aromatic N) is 6. The molecule has 0 atom stereocenters. The van der Waals surface area contributed by atoms with Crippen molar-refractivity contribution in [2.75, 3.05) is 10.6 Å². The van der Waals surface area contributed by atoms with Crippen LogP contribution in [-0.2, 0) is 0 Å². The summed E-state index contributed by atoms with van der Waals surface area (Å²) in [6.07, 6.45) is 8.70. The lowest BCUT2D eigenvalue weighted by Crippen LogP contribution is -2.07. The van der Waals surface area contributed by atoms with Gasteiger partial charge in [0.25, 0.3) is 0 Å². The zero-order valence-corrected chi connectivity index (χ0v) is 17.3. The molecule has 0 spiro atoms. The van der Waals surface area contributed by atoms with Crippen molar-refractivity contribution < 1.29 is 4.79 Å². The second-order valence-corrected chi connectivity index (χ2v) is 8.09. The lowest BCUT2D eigenvalue weighted by molar-refractivity contribution is 0.112. The molecule has 0 aromatic carbocycles. The Balaban J connectivity index is 0.000000130. The monoisotopic (exact) mass is 444 g/mol. The van der Waals surface area contributed by atoms with Crippen LogP contribution < -0.4 is 10.6 Å². The van der Waals surface area contributed by atoms with Gasteiger partial charge in [-0.05, 0) is 25.7 Å². The van der Waals surface area contributed by atoms with Crippen LogP contribution in [0.25, 0.3) is 11.3 Å². The third-order valence-corrected chi connectivity index (χ3v) is 5.17. The largest absolute Gasteiger partial charge is 0.367 e. The summed E-state index contributed by atoms with van der Waals surface area (Å²) in [6.45, 7) is 0. The first kappa shape index (κ1) is 19.1. The number of carbonyl (C=O) groups is 1. The van der Waals surface area contributed by atoms with Crippen molar-refractivity contribution in [2.45, 2.75) is 37.8 Å². The number of aldehydes is 1. The summed E-state index contributed by atoms with van der Waals surface area (Å²) in [4.78, 5) is 19.0. The van der Waals surface area contributed by atoms with Crippen LogP contribution in [0.5, 0.6) is 0 Å². The standard InChI is InChI=1S/C10H9ClN4O.C9H9ClN4/c11-8-3-9(13-7-1-2-7)15-10(14-8)6(5-16)4-12-15;10-7-5-9(12-6-1-2-6)14-8(13-7)3-4-11-14/h3-5,7,13H,1-2H2;3-6,12H,1-2H2. The molecule has 0 amide bonds. The fourth-order valence-corrected chi connectivity index (χ4v) is 3.37. The Morgan fingerprint density at radius 1 is 0.933 bits per heavy atom. The summed E-state index contributed by atoms with van der Waals surface area (Å²) < 4.78 is 3.37. The van der Waals surface area contributed by atoms with E-state index < -0.39 is 0 Å². The maximum Gasteiger partial charge on any atom is 0.169 e. The highest BCUT2D eigenvalue weighted by molar-refractivity contribution is 6.30. The second-order valence-electron chi connectivity index (χ2n) is 7.32. The Labute approximate surface area is 181 Å². The third-order valence-electron chi connectivity index (χ3n) is 4.78. The molecule has 4 aromatic heterocycles. The minimum Gasteiger partial charge on any atom is -0.367 e. The topological polar surface area (TPSA) is 102 Å². The number of hydrogen-bond donors (Lipinski definition) is 2. The molecular formula is C19H18Cl2N8O. The van der Waals surface area contributed by atoms with Gasteiger partial charge in [-0.1, -0.05) is 23.2 Å². The van der Waals surface area contributed by atoms with Crippen LogP contribution in [0.3, 0.4) is 0 Å². The highest BCUT2D eigenvalue weighted by atomic mass is 35.5.